The number of aryl methyl sites for hydroxylation is 1. The molecule has 1 aliphatic carbocycles. The van der Waals surface area contributed by atoms with E-state index in [0.717, 1.165) is 28.4 Å². The Morgan fingerprint density at radius 3 is 2.60 bits per heavy atom. The maximum absolute atomic E-state index is 12.5. The minimum absolute atomic E-state index is 0.130. The maximum Gasteiger partial charge on any atom is 0.255 e. The minimum atomic E-state index is -0.130. The molecule has 1 aliphatic rings. The second-order valence-electron chi connectivity index (χ2n) is 6.55. The van der Waals surface area contributed by atoms with E-state index < -0.39 is 0 Å². The molecule has 1 amide bonds. The highest BCUT2D eigenvalue weighted by atomic mass is 16.1. The predicted molar refractivity (Wildman–Crippen MR) is 98.2 cm³/mol. The highest BCUT2D eigenvalue weighted by molar-refractivity contribution is 6.06. The number of aromatic nitrogens is 1. The summed E-state index contributed by atoms with van der Waals surface area (Å²) in [6.07, 6.45) is 4.83. The molecule has 0 radical (unpaired) electrons. The van der Waals surface area contributed by atoms with E-state index in [2.05, 4.69) is 10.3 Å². The van der Waals surface area contributed by atoms with E-state index in [9.17, 15) is 9.59 Å². The Hall–Kier alpha value is -3.01. The largest absolute Gasteiger partial charge is 0.322 e. The van der Waals surface area contributed by atoms with Crippen LogP contribution in [0.5, 0.6) is 0 Å². The molecule has 4 rings (SSSR count). The van der Waals surface area contributed by atoms with E-state index in [0.29, 0.717) is 17.0 Å². The average molecular weight is 330 g/mol. The fourth-order valence-electron chi connectivity index (χ4n) is 3.08. The average Bonchev–Trinajstić information content (AvgIpc) is 3.49. The van der Waals surface area contributed by atoms with Gasteiger partial charge >= 0.3 is 0 Å². The van der Waals surface area contributed by atoms with Crippen LogP contribution in [0.15, 0.2) is 48.7 Å². The first-order chi connectivity index (χ1) is 12.2. The first kappa shape index (κ1) is 15.5. The van der Waals surface area contributed by atoms with Crippen molar-refractivity contribution in [1.29, 1.82) is 0 Å². The predicted octanol–water partition coefficient (Wildman–Crippen LogP) is 4.49. The normalized spacial score (nSPS) is 13.6. The molecule has 124 valence electrons. The van der Waals surface area contributed by atoms with Crippen LogP contribution in [-0.2, 0) is 0 Å². The third-order valence-corrected chi connectivity index (χ3v) is 4.73. The molecule has 0 saturated heterocycles. The van der Waals surface area contributed by atoms with Crippen molar-refractivity contribution in [3.63, 3.8) is 0 Å². The van der Waals surface area contributed by atoms with Crippen molar-refractivity contribution < 1.29 is 9.59 Å². The molecule has 0 unspecified atom stereocenters. The summed E-state index contributed by atoms with van der Waals surface area (Å²) >= 11 is 0. The Bertz CT molecular complexity index is 973. The van der Waals surface area contributed by atoms with Crippen molar-refractivity contribution in [3.05, 3.63) is 70.9 Å². The molecular weight excluding hydrogens is 312 g/mol. The minimum Gasteiger partial charge on any atom is -0.322 e. The first-order valence-electron chi connectivity index (χ1n) is 8.41. The zero-order valence-electron chi connectivity index (χ0n) is 14.0. The summed E-state index contributed by atoms with van der Waals surface area (Å²) in [5, 5.41) is 3.85. The van der Waals surface area contributed by atoms with Gasteiger partial charge in [-0.05, 0) is 61.1 Å². The van der Waals surface area contributed by atoms with E-state index in [-0.39, 0.29) is 5.91 Å². The molecule has 25 heavy (non-hydrogen) atoms. The van der Waals surface area contributed by atoms with Crippen LogP contribution >= 0.6 is 0 Å². The molecule has 0 atom stereocenters. The number of amides is 1. The fraction of sp³-hybridized carbons (Fsp3) is 0.190. The summed E-state index contributed by atoms with van der Waals surface area (Å²) in [5.41, 5.74) is 4.90. The smallest absolute Gasteiger partial charge is 0.255 e. The molecule has 0 spiro atoms. The Balaban J connectivity index is 1.59. The van der Waals surface area contributed by atoms with Crippen molar-refractivity contribution in [2.75, 3.05) is 5.32 Å². The molecule has 1 saturated carbocycles. The van der Waals surface area contributed by atoms with Crippen LogP contribution < -0.4 is 5.32 Å². The van der Waals surface area contributed by atoms with Crippen LogP contribution in [0, 0.1) is 6.92 Å². The van der Waals surface area contributed by atoms with Crippen LogP contribution in [0.3, 0.4) is 0 Å². The lowest BCUT2D eigenvalue weighted by Crippen LogP contribution is -2.13. The number of carbonyl (C=O) groups is 2. The quantitative estimate of drug-likeness (QED) is 0.717. The van der Waals surface area contributed by atoms with Gasteiger partial charge in [0.05, 0.1) is 5.52 Å². The van der Waals surface area contributed by atoms with Crippen molar-refractivity contribution in [3.8, 4) is 0 Å². The van der Waals surface area contributed by atoms with Crippen molar-refractivity contribution in [2.45, 2.75) is 25.7 Å². The lowest BCUT2D eigenvalue weighted by molar-refractivity contribution is 0.102. The molecule has 0 bridgehead atoms. The summed E-state index contributed by atoms with van der Waals surface area (Å²) in [4.78, 5) is 27.7. The van der Waals surface area contributed by atoms with Gasteiger partial charge in [0.25, 0.3) is 5.91 Å². The molecular formula is C21H18N2O2. The Morgan fingerprint density at radius 2 is 1.92 bits per heavy atom. The van der Waals surface area contributed by atoms with Crippen molar-refractivity contribution >= 4 is 28.8 Å². The van der Waals surface area contributed by atoms with Crippen LogP contribution in [0.4, 0.5) is 5.69 Å². The topological polar surface area (TPSA) is 59.1 Å². The highest BCUT2D eigenvalue weighted by Crippen LogP contribution is 2.39. The number of carbonyl (C=O) groups excluding carboxylic acids is 2. The summed E-state index contributed by atoms with van der Waals surface area (Å²) < 4.78 is 0. The molecule has 2 aromatic carbocycles. The zero-order valence-corrected chi connectivity index (χ0v) is 14.0. The van der Waals surface area contributed by atoms with Gasteiger partial charge in [-0.25, -0.2) is 0 Å². The number of benzene rings is 2. The molecule has 1 fully saturated rings. The molecule has 1 heterocycles. The van der Waals surface area contributed by atoms with Crippen molar-refractivity contribution in [1.82, 2.24) is 4.98 Å². The van der Waals surface area contributed by atoms with Gasteiger partial charge in [0.15, 0.2) is 6.29 Å². The van der Waals surface area contributed by atoms with Gasteiger partial charge in [-0.3, -0.25) is 14.6 Å². The summed E-state index contributed by atoms with van der Waals surface area (Å²) in [6, 6.07) is 13.4. The molecule has 1 N–H and O–H groups in total. The molecule has 4 nitrogen and oxygen atoms in total. The lowest BCUT2D eigenvalue weighted by atomic mass is 10.1. The van der Waals surface area contributed by atoms with Gasteiger partial charge < -0.3 is 5.32 Å². The number of anilines is 1. The molecule has 0 aliphatic heterocycles. The van der Waals surface area contributed by atoms with Crippen LogP contribution in [0.25, 0.3) is 10.9 Å². The molecule has 1 aromatic heterocycles. The van der Waals surface area contributed by atoms with Crippen LogP contribution in [-0.4, -0.2) is 17.2 Å². The number of hydrogen-bond donors (Lipinski definition) is 1. The Labute approximate surface area is 145 Å². The van der Waals surface area contributed by atoms with Gasteiger partial charge in [0.1, 0.15) is 0 Å². The SMILES string of the molecule is Cc1c(NC(=O)c2ccc(C3CC3)cc2)ccc2cc(C=O)cnc12. The monoisotopic (exact) mass is 330 g/mol. The highest BCUT2D eigenvalue weighted by Gasteiger charge is 2.23. The molecule has 3 aromatic rings. The van der Waals surface area contributed by atoms with Crippen LogP contribution in [0.2, 0.25) is 0 Å². The van der Waals surface area contributed by atoms with Gasteiger partial charge in [-0.1, -0.05) is 18.2 Å². The van der Waals surface area contributed by atoms with Gasteiger partial charge in [-0.2, -0.15) is 0 Å². The third-order valence-electron chi connectivity index (χ3n) is 4.73. The number of nitrogens with one attached hydrogen (secondary N) is 1. The van der Waals surface area contributed by atoms with Gasteiger partial charge in [0, 0.05) is 28.4 Å². The van der Waals surface area contributed by atoms with E-state index in [1.54, 1.807) is 12.3 Å². The Kier molecular flexibility index (Phi) is 3.80. The lowest BCUT2D eigenvalue weighted by Gasteiger charge is -2.11. The standard InChI is InChI=1S/C21H18N2O2/c1-13-19(9-8-18-10-14(12-24)11-22-20(13)18)23-21(25)17-6-4-16(5-7-17)15-2-3-15/h4-12,15H,2-3H2,1H3,(H,23,25). The van der Waals surface area contributed by atoms with E-state index in [1.807, 2.05) is 43.3 Å². The second kappa shape index (κ2) is 6.13. The summed E-state index contributed by atoms with van der Waals surface area (Å²) in [7, 11) is 0. The van der Waals surface area contributed by atoms with E-state index in [1.165, 1.54) is 18.4 Å². The fourth-order valence-corrected chi connectivity index (χ4v) is 3.08. The van der Waals surface area contributed by atoms with Crippen LogP contribution in [0.1, 0.15) is 50.6 Å². The maximum atomic E-state index is 12.5. The number of hydrogen-bond acceptors (Lipinski definition) is 3. The number of rotatable bonds is 4. The van der Waals surface area contributed by atoms with Gasteiger partial charge in [-0.15, -0.1) is 0 Å². The number of aldehydes is 1. The summed E-state index contributed by atoms with van der Waals surface area (Å²) in [5.74, 6) is 0.552. The zero-order chi connectivity index (χ0) is 17.4. The number of nitrogens with zero attached hydrogens (tertiary/aromatic N) is 1. The second-order valence-corrected chi connectivity index (χ2v) is 6.55. The van der Waals surface area contributed by atoms with E-state index >= 15 is 0 Å². The molecule has 4 heteroatoms. The number of pyridine rings is 1. The van der Waals surface area contributed by atoms with Crippen molar-refractivity contribution in [2.24, 2.45) is 0 Å². The van der Waals surface area contributed by atoms with Gasteiger partial charge in [0.2, 0.25) is 0 Å². The third kappa shape index (κ3) is 3.03. The summed E-state index contributed by atoms with van der Waals surface area (Å²) in [6.45, 7) is 1.92. The van der Waals surface area contributed by atoms with E-state index in [4.69, 9.17) is 0 Å². The number of fused-ring (bicyclic) bond motifs is 1. The Morgan fingerprint density at radius 1 is 1.16 bits per heavy atom. The first-order valence-corrected chi connectivity index (χ1v) is 8.41.